The fourth-order valence-electron chi connectivity index (χ4n) is 3.81. The number of aromatic nitrogens is 2. The number of anilines is 1. The van der Waals surface area contributed by atoms with Gasteiger partial charge >= 0.3 is 0 Å². The van der Waals surface area contributed by atoms with Crippen molar-refractivity contribution in [2.45, 2.75) is 51.2 Å². The van der Waals surface area contributed by atoms with Crippen molar-refractivity contribution in [1.29, 1.82) is 0 Å². The summed E-state index contributed by atoms with van der Waals surface area (Å²) in [6.45, 7) is 2.82. The molecule has 1 amide bonds. The zero-order valence-electron chi connectivity index (χ0n) is 12.3. The number of nitrogens with zero attached hydrogens (tertiary/aromatic N) is 2. The summed E-state index contributed by atoms with van der Waals surface area (Å²) in [6.07, 6.45) is 6.33. The Kier molecular flexibility index (Phi) is 3.80. The Hall–Kier alpha value is -1.69. The van der Waals surface area contributed by atoms with Crippen molar-refractivity contribution >= 4 is 11.7 Å². The summed E-state index contributed by atoms with van der Waals surface area (Å²) in [5.41, 5.74) is 5.61. The molecule has 2 aliphatic rings. The predicted molar refractivity (Wildman–Crippen MR) is 78.9 cm³/mol. The molecule has 1 heterocycles. The first-order chi connectivity index (χ1) is 10.2. The average Bonchev–Trinajstić information content (AvgIpc) is 2.99. The first kappa shape index (κ1) is 14.3. The molecule has 2 saturated carbocycles. The van der Waals surface area contributed by atoms with Gasteiger partial charge in [0.15, 0.2) is 5.69 Å². The van der Waals surface area contributed by atoms with Gasteiger partial charge in [-0.2, -0.15) is 0 Å². The van der Waals surface area contributed by atoms with E-state index in [1.54, 1.807) is 12.1 Å². The van der Waals surface area contributed by atoms with E-state index in [2.05, 4.69) is 22.4 Å². The minimum atomic E-state index is -0.554. The zero-order valence-corrected chi connectivity index (χ0v) is 12.3. The highest BCUT2D eigenvalue weighted by molar-refractivity contribution is 5.90. The van der Waals surface area contributed by atoms with Gasteiger partial charge in [-0.1, -0.05) is 12.8 Å². The highest BCUT2D eigenvalue weighted by Crippen LogP contribution is 2.55. The number of hydrogen-bond donors (Lipinski definition) is 2. The maximum Gasteiger partial charge on any atom is 0.269 e. The number of carbonyl (C=O) groups excluding carboxylic acids is 1. The predicted octanol–water partition coefficient (Wildman–Crippen LogP) is 1.73. The second-order valence-electron chi connectivity index (χ2n) is 5.98. The largest absolute Gasteiger partial charge is 0.378 e. The minimum absolute atomic E-state index is 0.192. The molecule has 6 heteroatoms. The lowest BCUT2D eigenvalue weighted by molar-refractivity contribution is -0.114. The van der Waals surface area contributed by atoms with Gasteiger partial charge in [0, 0.05) is 18.1 Å². The fourth-order valence-corrected chi connectivity index (χ4v) is 3.81. The molecule has 1 aromatic rings. The smallest absolute Gasteiger partial charge is 0.269 e. The quantitative estimate of drug-likeness (QED) is 0.861. The standard InChI is InChI=1S/C15H22N4O2/c1-2-21-12-9-11(15(12)7-3-4-8-15)17-13-6-5-10(14(16)20)18-19-13/h5-6,11-12H,2-4,7-9H2,1H3,(H2,16,20)(H,17,19)/t11-,12-/m1/s1. The highest BCUT2D eigenvalue weighted by atomic mass is 16.5. The summed E-state index contributed by atoms with van der Waals surface area (Å²) in [5.74, 6) is 0.146. The summed E-state index contributed by atoms with van der Waals surface area (Å²) in [7, 11) is 0. The number of ether oxygens (including phenoxy) is 1. The Morgan fingerprint density at radius 1 is 1.43 bits per heavy atom. The molecule has 2 atom stereocenters. The van der Waals surface area contributed by atoms with Crippen molar-refractivity contribution in [2.24, 2.45) is 11.1 Å². The Morgan fingerprint density at radius 2 is 2.19 bits per heavy atom. The van der Waals surface area contributed by atoms with Gasteiger partial charge in [0.1, 0.15) is 5.82 Å². The maximum atomic E-state index is 11.0. The van der Waals surface area contributed by atoms with E-state index in [0.717, 1.165) is 13.0 Å². The molecule has 2 fully saturated rings. The lowest BCUT2D eigenvalue weighted by atomic mass is 9.60. The lowest BCUT2D eigenvalue weighted by Crippen LogP contribution is -2.60. The Balaban J connectivity index is 1.69. The van der Waals surface area contributed by atoms with Gasteiger partial charge in [0.05, 0.1) is 6.10 Å². The topological polar surface area (TPSA) is 90.1 Å². The molecule has 1 spiro atoms. The van der Waals surface area contributed by atoms with Crippen molar-refractivity contribution in [1.82, 2.24) is 10.2 Å². The Labute approximate surface area is 124 Å². The van der Waals surface area contributed by atoms with E-state index >= 15 is 0 Å². The summed E-state index contributed by atoms with van der Waals surface area (Å²) < 4.78 is 5.90. The summed E-state index contributed by atoms with van der Waals surface area (Å²) in [5, 5.41) is 11.3. The van der Waals surface area contributed by atoms with Gasteiger partial charge in [-0.05, 0) is 38.3 Å². The van der Waals surface area contributed by atoms with Crippen LogP contribution in [0.15, 0.2) is 12.1 Å². The third-order valence-electron chi connectivity index (χ3n) is 4.93. The lowest BCUT2D eigenvalue weighted by Gasteiger charge is -2.54. The summed E-state index contributed by atoms with van der Waals surface area (Å²) >= 11 is 0. The van der Waals surface area contributed by atoms with Gasteiger partial charge in [-0.3, -0.25) is 4.79 Å². The molecule has 0 saturated heterocycles. The molecule has 0 radical (unpaired) electrons. The van der Waals surface area contributed by atoms with Crippen LogP contribution in [0.2, 0.25) is 0 Å². The van der Waals surface area contributed by atoms with E-state index in [-0.39, 0.29) is 11.1 Å². The molecule has 0 aromatic carbocycles. The maximum absolute atomic E-state index is 11.0. The van der Waals surface area contributed by atoms with Crippen molar-refractivity contribution in [3.05, 3.63) is 17.8 Å². The summed E-state index contributed by atoms with van der Waals surface area (Å²) in [4.78, 5) is 11.0. The van der Waals surface area contributed by atoms with Crippen LogP contribution < -0.4 is 11.1 Å². The molecule has 114 valence electrons. The molecule has 1 aromatic heterocycles. The van der Waals surface area contributed by atoms with Crippen molar-refractivity contribution < 1.29 is 9.53 Å². The van der Waals surface area contributed by atoms with Crippen LogP contribution >= 0.6 is 0 Å². The molecular formula is C15H22N4O2. The number of carbonyl (C=O) groups is 1. The van der Waals surface area contributed by atoms with Crippen LogP contribution in [-0.4, -0.2) is 34.9 Å². The van der Waals surface area contributed by atoms with Gasteiger partial charge in [-0.25, -0.2) is 0 Å². The van der Waals surface area contributed by atoms with E-state index in [0.29, 0.717) is 18.0 Å². The number of rotatable bonds is 5. The normalized spacial score (nSPS) is 26.5. The molecule has 6 nitrogen and oxygen atoms in total. The van der Waals surface area contributed by atoms with Crippen LogP contribution in [0.3, 0.4) is 0 Å². The molecule has 0 bridgehead atoms. The van der Waals surface area contributed by atoms with Gasteiger partial charge in [0.25, 0.3) is 5.91 Å². The van der Waals surface area contributed by atoms with Gasteiger partial charge in [0.2, 0.25) is 0 Å². The van der Waals surface area contributed by atoms with Crippen LogP contribution in [0.25, 0.3) is 0 Å². The van der Waals surface area contributed by atoms with E-state index in [1.807, 2.05) is 0 Å². The molecular weight excluding hydrogens is 268 g/mol. The van der Waals surface area contributed by atoms with Crippen molar-refractivity contribution in [3.63, 3.8) is 0 Å². The van der Waals surface area contributed by atoms with E-state index in [9.17, 15) is 4.79 Å². The Bertz CT molecular complexity index is 511. The first-order valence-electron chi connectivity index (χ1n) is 7.67. The molecule has 3 rings (SSSR count). The first-order valence-corrected chi connectivity index (χ1v) is 7.67. The number of nitrogens with two attached hydrogens (primary N) is 1. The van der Waals surface area contributed by atoms with Crippen LogP contribution in [-0.2, 0) is 4.74 Å². The van der Waals surface area contributed by atoms with E-state index in [4.69, 9.17) is 10.5 Å². The third-order valence-corrected chi connectivity index (χ3v) is 4.93. The van der Waals surface area contributed by atoms with Crippen LogP contribution in [0, 0.1) is 5.41 Å². The monoisotopic (exact) mass is 290 g/mol. The number of amides is 1. The van der Waals surface area contributed by atoms with Gasteiger partial charge in [-0.15, -0.1) is 10.2 Å². The van der Waals surface area contributed by atoms with Gasteiger partial charge < -0.3 is 15.8 Å². The van der Waals surface area contributed by atoms with Crippen molar-refractivity contribution in [2.75, 3.05) is 11.9 Å². The highest BCUT2D eigenvalue weighted by Gasteiger charge is 2.56. The third kappa shape index (κ3) is 2.48. The number of hydrogen-bond acceptors (Lipinski definition) is 5. The second kappa shape index (κ2) is 5.60. The second-order valence-corrected chi connectivity index (χ2v) is 5.98. The van der Waals surface area contributed by atoms with Crippen LogP contribution in [0.1, 0.15) is 49.5 Å². The van der Waals surface area contributed by atoms with Crippen LogP contribution in [0.5, 0.6) is 0 Å². The molecule has 21 heavy (non-hydrogen) atoms. The average molecular weight is 290 g/mol. The van der Waals surface area contributed by atoms with E-state index in [1.165, 1.54) is 25.7 Å². The summed E-state index contributed by atoms with van der Waals surface area (Å²) in [6, 6.07) is 3.76. The Morgan fingerprint density at radius 3 is 2.76 bits per heavy atom. The fraction of sp³-hybridized carbons (Fsp3) is 0.667. The van der Waals surface area contributed by atoms with Crippen molar-refractivity contribution in [3.8, 4) is 0 Å². The van der Waals surface area contributed by atoms with E-state index < -0.39 is 5.91 Å². The van der Waals surface area contributed by atoms with Crippen LogP contribution in [0.4, 0.5) is 5.82 Å². The number of primary amides is 1. The zero-order chi connectivity index (χ0) is 14.9. The molecule has 3 N–H and O–H groups in total. The number of nitrogens with one attached hydrogen (secondary N) is 1. The SMILES string of the molecule is CCO[C@@H]1C[C@@H](Nc2ccc(C(N)=O)nn2)C12CCCC2. The minimum Gasteiger partial charge on any atom is -0.378 e. The molecule has 2 aliphatic carbocycles. The molecule has 0 unspecified atom stereocenters. The molecule has 0 aliphatic heterocycles.